The van der Waals surface area contributed by atoms with E-state index in [2.05, 4.69) is 38.9 Å². The highest BCUT2D eigenvalue weighted by Gasteiger charge is 2.20. The maximum Gasteiger partial charge on any atom is 0.0686 e. The topological polar surface area (TPSA) is 21.3 Å². The van der Waals surface area contributed by atoms with Crippen molar-refractivity contribution < 1.29 is 4.74 Å². The van der Waals surface area contributed by atoms with Gasteiger partial charge in [0.25, 0.3) is 0 Å². The minimum absolute atomic E-state index is 0.0840. The normalized spacial score (nSPS) is 16.0. The van der Waals surface area contributed by atoms with E-state index < -0.39 is 0 Å². The van der Waals surface area contributed by atoms with Crippen molar-refractivity contribution in [3.8, 4) is 12.3 Å². The fraction of sp³-hybridized carbons (Fsp3) is 0.833. The maximum absolute atomic E-state index is 5.38. The van der Waals surface area contributed by atoms with Crippen LogP contribution in [0.3, 0.4) is 0 Å². The Morgan fingerprint density at radius 3 is 2.43 bits per heavy atom. The molecule has 0 fully saturated rings. The molecule has 2 unspecified atom stereocenters. The minimum Gasteiger partial charge on any atom is -0.379 e. The Balaban J connectivity index is 3.98. The van der Waals surface area contributed by atoms with E-state index in [1.54, 1.807) is 7.11 Å². The van der Waals surface area contributed by atoms with Crippen molar-refractivity contribution in [2.45, 2.75) is 58.2 Å². The Kier molecular flexibility index (Phi) is 5.83. The first-order valence-electron chi connectivity index (χ1n) is 5.22. The van der Waals surface area contributed by atoms with Crippen molar-refractivity contribution in [3.05, 3.63) is 0 Å². The van der Waals surface area contributed by atoms with Crippen LogP contribution in [0.15, 0.2) is 0 Å². The summed E-state index contributed by atoms with van der Waals surface area (Å²) >= 11 is 0. The lowest BCUT2D eigenvalue weighted by atomic mass is 9.99. The third-order valence-corrected chi connectivity index (χ3v) is 2.45. The summed E-state index contributed by atoms with van der Waals surface area (Å²) in [5.74, 6) is 2.73. The molecule has 0 aromatic heterocycles. The smallest absolute Gasteiger partial charge is 0.0686 e. The van der Waals surface area contributed by atoms with Crippen LogP contribution in [0.1, 0.15) is 40.5 Å². The third kappa shape index (κ3) is 5.26. The average Bonchev–Trinajstić information content (AvgIpc) is 2.13. The summed E-state index contributed by atoms with van der Waals surface area (Å²) < 4.78 is 5.37. The number of terminal acetylenes is 1. The molecule has 2 atom stereocenters. The van der Waals surface area contributed by atoms with Gasteiger partial charge in [0.1, 0.15) is 0 Å². The lowest BCUT2D eigenvalue weighted by molar-refractivity contribution is 0.00813. The minimum atomic E-state index is -0.0840. The van der Waals surface area contributed by atoms with Crippen LogP contribution in [0.25, 0.3) is 0 Å². The molecule has 0 radical (unpaired) electrons. The van der Waals surface area contributed by atoms with Gasteiger partial charge in [-0.25, -0.2) is 0 Å². The Morgan fingerprint density at radius 2 is 2.07 bits per heavy atom. The zero-order chi connectivity index (χ0) is 11.2. The first kappa shape index (κ1) is 13.5. The van der Waals surface area contributed by atoms with Gasteiger partial charge in [-0.05, 0) is 33.6 Å². The summed E-state index contributed by atoms with van der Waals surface area (Å²) in [5, 5.41) is 3.39. The summed E-state index contributed by atoms with van der Waals surface area (Å²) in [5.41, 5.74) is -0.0840. The molecule has 0 heterocycles. The number of hydrogen-bond donors (Lipinski definition) is 1. The van der Waals surface area contributed by atoms with Gasteiger partial charge < -0.3 is 10.1 Å². The van der Waals surface area contributed by atoms with Crippen LogP contribution >= 0.6 is 0 Å². The molecule has 82 valence electrons. The molecule has 14 heavy (non-hydrogen) atoms. The van der Waals surface area contributed by atoms with E-state index in [0.29, 0.717) is 6.04 Å². The number of methoxy groups -OCH3 is 1. The fourth-order valence-corrected chi connectivity index (χ4v) is 1.51. The lowest BCUT2D eigenvalue weighted by Gasteiger charge is -2.28. The Morgan fingerprint density at radius 1 is 1.50 bits per heavy atom. The first-order chi connectivity index (χ1) is 6.45. The molecule has 1 N–H and O–H groups in total. The van der Waals surface area contributed by atoms with Crippen LogP contribution in [-0.2, 0) is 4.74 Å². The molecule has 2 nitrogen and oxygen atoms in total. The van der Waals surface area contributed by atoms with Gasteiger partial charge >= 0.3 is 0 Å². The van der Waals surface area contributed by atoms with E-state index in [0.717, 1.165) is 12.8 Å². The zero-order valence-electron chi connectivity index (χ0n) is 10.1. The molecule has 0 bridgehead atoms. The average molecular weight is 197 g/mol. The molecule has 0 aromatic carbocycles. The second-order valence-corrected chi connectivity index (χ2v) is 4.36. The second-order valence-electron chi connectivity index (χ2n) is 4.36. The van der Waals surface area contributed by atoms with E-state index in [-0.39, 0.29) is 11.6 Å². The summed E-state index contributed by atoms with van der Waals surface area (Å²) in [6.45, 7) is 8.40. The van der Waals surface area contributed by atoms with Crippen LogP contribution in [0.4, 0.5) is 0 Å². The highest BCUT2D eigenvalue weighted by molar-refractivity contribution is 4.99. The number of ether oxygens (including phenoxy) is 1. The number of rotatable bonds is 6. The number of hydrogen-bond acceptors (Lipinski definition) is 2. The van der Waals surface area contributed by atoms with Gasteiger partial charge in [0.2, 0.25) is 0 Å². The van der Waals surface area contributed by atoms with Gasteiger partial charge in [-0.1, -0.05) is 12.8 Å². The molecule has 0 amide bonds. The van der Waals surface area contributed by atoms with E-state index in [1.165, 1.54) is 0 Å². The quantitative estimate of drug-likeness (QED) is 0.659. The molecular formula is C12H23NO. The Hall–Kier alpha value is -0.520. The predicted octanol–water partition coefficient (Wildman–Crippen LogP) is 2.19. The van der Waals surface area contributed by atoms with Gasteiger partial charge in [0.15, 0.2) is 0 Å². The van der Waals surface area contributed by atoms with Gasteiger partial charge in [-0.2, -0.15) is 0 Å². The molecule has 0 aliphatic heterocycles. The molecule has 2 heteroatoms. The van der Waals surface area contributed by atoms with Gasteiger partial charge in [-0.15, -0.1) is 6.42 Å². The predicted molar refractivity (Wildman–Crippen MR) is 61.2 cm³/mol. The van der Waals surface area contributed by atoms with E-state index in [1.807, 2.05) is 0 Å². The van der Waals surface area contributed by atoms with Crippen molar-refractivity contribution in [2.24, 2.45) is 0 Å². The second kappa shape index (κ2) is 6.06. The molecule has 0 rings (SSSR count). The molecule has 0 aromatic rings. The van der Waals surface area contributed by atoms with Crippen molar-refractivity contribution in [1.82, 2.24) is 5.32 Å². The molecule has 0 spiro atoms. The summed E-state index contributed by atoms with van der Waals surface area (Å²) in [4.78, 5) is 0. The van der Waals surface area contributed by atoms with E-state index in [9.17, 15) is 0 Å². The van der Waals surface area contributed by atoms with Crippen LogP contribution < -0.4 is 5.32 Å². The molecular weight excluding hydrogens is 174 g/mol. The number of nitrogens with one attached hydrogen (secondary N) is 1. The highest BCUT2D eigenvalue weighted by Crippen LogP contribution is 2.15. The lowest BCUT2D eigenvalue weighted by Crippen LogP contribution is -2.40. The van der Waals surface area contributed by atoms with Crippen molar-refractivity contribution in [2.75, 3.05) is 7.11 Å². The van der Waals surface area contributed by atoms with Crippen LogP contribution in [0.5, 0.6) is 0 Å². The van der Waals surface area contributed by atoms with Crippen LogP contribution in [0, 0.1) is 12.3 Å². The first-order valence-corrected chi connectivity index (χ1v) is 5.22. The van der Waals surface area contributed by atoms with Gasteiger partial charge in [0, 0.05) is 13.2 Å². The maximum atomic E-state index is 5.38. The van der Waals surface area contributed by atoms with Crippen molar-refractivity contribution >= 4 is 0 Å². The zero-order valence-corrected chi connectivity index (χ0v) is 10.1. The molecule has 0 aliphatic rings. The van der Waals surface area contributed by atoms with Crippen LogP contribution in [-0.4, -0.2) is 24.8 Å². The van der Waals surface area contributed by atoms with Crippen molar-refractivity contribution in [1.29, 1.82) is 0 Å². The molecule has 0 aliphatic carbocycles. The Bertz CT molecular complexity index is 193. The summed E-state index contributed by atoms with van der Waals surface area (Å²) in [7, 11) is 1.74. The third-order valence-electron chi connectivity index (χ3n) is 2.45. The monoisotopic (exact) mass is 197 g/mol. The van der Waals surface area contributed by atoms with Crippen molar-refractivity contribution in [3.63, 3.8) is 0 Å². The summed E-state index contributed by atoms with van der Waals surface area (Å²) in [6, 6.07) is 0.559. The van der Waals surface area contributed by atoms with E-state index >= 15 is 0 Å². The largest absolute Gasteiger partial charge is 0.379 e. The molecule has 0 saturated carbocycles. The van der Waals surface area contributed by atoms with E-state index in [4.69, 9.17) is 11.2 Å². The Labute approximate surface area is 88.4 Å². The van der Waals surface area contributed by atoms with Gasteiger partial charge in [-0.3, -0.25) is 0 Å². The fourth-order valence-electron chi connectivity index (χ4n) is 1.51. The van der Waals surface area contributed by atoms with Gasteiger partial charge in [0.05, 0.1) is 11.6 Å². The highest BCUT2D eigenvalue weighted by atomic mass is 16.5. The SMILES string of the molecule is C#CC(CC)NC(C)CC(C)(C)OC. The molecule has 0 saturated heterocycles. The standard InChI is InChI=1S/C12H23NO/c1-7-11(8-2)13-10(3)9-12(4,5)14-6/h1,10-11,13H,8-9H2,2-6H3. The van der Waals surface area contributed by atoms with Crippen LogP contribution in [0.2, 0.25) is 0 Å². The summed E-state index contributed by atoms with van der Waals surface area (Å²) in [6.07, 6.45) is 7.31.